The first-order valence-corrected chi connectivity index (χ1v) is 35.3. The van der Waals surface area contributed by atoms with Gasteiger partial charge in [0.2, 0.25) is 0 Å². The van der Waals surface area contributed by atoms with Crippen molar-refractivity contribution in [2.45, 2.75) is 155 Å². The highest BCUT2D eigenvalue weighted by atomic mass is 35.5. The third kappa shape index (κ3) is 37.7. The molecule has 0 radical (unpaired) electrons. The van der Waals surface area contributed by atoms with Crippen molar-refractivity contribution in [3.8, 4) is 0 Å². The summed E-state index contributed by atoms with van der Waals surface area (Å²) in [6.45, 7) is 36.2. The molecule has 8 aromatic carbocycles. The van der Waals surface area contributed by atoms with Crippen molar-refractivity contribution in [1.29, 1.82) is 0 Å². The molecule has 8 N–H and O–H groups in total. The lowest BCUT2D eigenvalue weighted by molar-refractivity contribution is -0.919. The maximum atomic E-state index is 2.26. The zero-order valence-electron chi connectivity index (χ0n) is 70.1. The van der Waals surface area contributed by atoms with E-state index in [1.54, 1.807) is 0 Å². The molecule has 0 bridgehead atoms. The monoisotopic (exact) mass is 1590 g/mol. The van der Waals surface area contributed by atoms with Crippen LogP contribution in [-0.4, -0.2) is 113 Å². The van der Waals surface area contributed by atoms with Gasteiger partial charge in [0.1, 0.15) is 44.3 Å². The van der Waals surface area contributed by atoms with Crippen molar-refractivity contribution >= 4 is 0 Å². The second-order valence-corrected chi connectivity index (χ2v) is 31.9. The maximum Gasteiger partial charge on any atom is 0.117 e. The molecule has 104 heavy (non-hydrogen) atoms. The SMILES string of the molecule is C[NH+](C)C(C)(C)c1ccccc1.C[NH+](C)C(C)(C)c1ccccc1.C[NH+](C)C(C)(C)c1ccccc1.C[NH+](C)C(C)(C)c1ccccc1.C[NH+](C)C(C)(C)c1ccccc1.C[NH+](C)C(C)(C)c1ccccc1.C[NH+](C)C(C)(C)c1ccccc1.C[NH+](C)C(C)(C)c1ccccc1.[Cl-].[Cl-].[Cl-].[Cl-].[Cl-].[Cl-].[Cl-].[Cl-]. The summed E-state index contributed by atoms with van der Waals surface area (Å²) in [4.78, 5) is 11.6. The quantitative estimate of drug-likeness (QED) is 0.0475. The number of nitrogens with one attached hydrogen (secondary N) is 8. The van der Waals surface area contributed by atoms with Crippen LogP contribution in [0.25, 0.3) is 0 Å². The van der Waals surface area contributed by atoms with E-state index in [4.69, 9.17) is 0 Å². The Morgan fingerprint density at radius 3 is 0.231 bits per heavy atom. The summed E-state index contributed by atoms with van der Waals surface area (Å²) < 4.78 is 0. The van der Waals surface area contributed by atoms with Crippen LogP contribution in [-0.2, 0) is 44.3 Å². The predicted molar refractivity (Wildman–Crippen MR) is 418 cm³/mol. The summed E-state index contributed by atoms with van der Waals surface area (Å²) >= 11 is 0. The molecule has 16 heteroatoms. The minimum absolute atomic E-state index is 0. The highest BCUT2D eigenvalue weighted by molar-refractivity contribution is 5.26. The van der Waals surface area contributed by atoms with E-state index in [0.29, 0.717) is 0 Å². The lowest BCUT2D eigenvalue weighted by Gasteiger charge is -2.29. The molecule has 0 aliphatic heterocycles. The first-order valence-electron chi connectivity index (χ1n) is 35.3. The Balaban J connectivity index is -0.000000167. The molecule has 0 atom stereocenters. The lowest BCUT2D eigenvalue weighted by Crippen LogP contribution is -3.12. The Bertz CT molecular complexity index is 2600. The third-order valence-electron chi connectivity index (χ3n) is 22.0. The molecule has 0 spiro atoms. The fourth-order valence-electron chi connectivity index (χ4n) is 9.15. The first-order chi connectivity index (χ1) is 44.4. The number of hydrogen-bond acceptors (Lipinski definition) is 0. The van der Waals surface area contributed by atoms with Gasteiger partial charge >= 0.3 is 0 Å². The molecule has 0 aliphatic carbocycles. The molecule has 0 aliphatic rings. The van der Waals surface area contributed by atoms with E-state index in [-0.39, 0.29) is 144 Å². The second kappa shape index (κ2) is 54.4. The number of quaternary nitrogens is 8. The van der Waals surface area contributed by atoms with Gasteiger partial charge < -0.3 is 138 Å². The van der Waals surface area contributed by atoms with Crippen LogP contribution in [0.3, 0.4) is 0 Å². The van der Waals surface area contributed by atoms with Crippen molar-refractivity contribution in [3.05, 3.63) is 287 Å². The fourth-order valence-corrected chi connectivity index (χ4v) is 9.15. The van der Waals surface area contributed by atoms with Crippen LogP contribution < -0.4 is 138 Å². The fraction of sp³-hybridized carbons (Fsp3) is 0.455. The molecule has 592 valence electrons. The maximum absolute atomic E-state index is 2.26. The van der Waals surface area contributed by atoms with Crippen LogP contribution in [0.5, 0.6) is 0 Å². The summed E-state index contributed by atoms with van der Waals surface area (Å²) in [6, 6.07) is 85.0. The lowest BCUT2D eigenvalue weighted by atomic mass is 9.93. The van der Waals surface area contributed by atoms with E-state index in [1.165, 1.54) is 83.7 Å². The van der Waals surface area contributed by atoms with Crippen molar-refractivity contribution in [3.63, 3.8) is 0 Å². The average Bonchev–Trinajstić information content (AvgIpc) is 0.916. The molecule has 8 nitrogen and oxygen atoms in total. The summed E-state index contributed by atoms with van der Waals surface area (Å²) in [7, 11) is 35.0. The van der Waals surface area contributed by atoms with Gasteiger partial charge in [0.05, 0.1) is 113 Å². The van der Waals surface area contributed by atoms with Crippen LogP contribution in [0.1, 0.15) is 155 Å². The molecule has 0 unspecified atom stereocenters. The minimum atomic E-state index is 0. The van der Waals surface area contributed by atoms with Gasteiger partial charge in [-0.25, -0.2) is 0 Å². The van der Waals surface area contributed by atoms with Gasteiger partial charge in [-0.2, -0.15) is 0 Å². The molecule has 0 saturated heterocycles. The van der Waals surface area contributed by atoms with Crippen LogP contribution in [0.15, 0.2) is 243 Å². The topological polar surface area (TPSA) is 35.5 Å². The summed E-state index contributed by atoms with van der Waals surface area (Å²) in [6.07, 6.45) is 0. The molecule has 0 aromatic heterocycles. The van der Waals surface area contributed by atoms with Crippen LogP contribution in [0.4, 0.5) is 0 Å². The Morgan fingerprint density at radius 2 is 0.183 bits per heavy atom. The largest absolute Gasteiger partial charge is 1.00 e. The normalized spacial score (nSPS) is 11.2. The predicted octanol–water partition coefficient (Wildman–Crippen LogP) is -15.4. The van der Waals surface area contributed by atoms with Gasteiger partial charge in [0.15, 0.2) is 0 Å². The minimum Gasteiger partial charge on any atom is -1.00 e. The van der Waals surface area contributed by atoms with Crippen LogP contribution >= 0.6 is 0 Å². The van der Waals surface area contributed by atoms with Gasteiger partial charge in [-0.3, -0.25) is 0 Å². The van der Waals surface area contributed by atoms with E-state index >= 15 is 0 Å². The number of rotatable bonds is 16. The Hall–Kier alpha value is -4.24. The van der Waals surface area contributed by atoms with Gasteiger partial charge in [0, 0.05) is 44.5 Å². The Kier molecular flexibility index (Phi) is 60.4. The average molecular weight is 1600 g/mol. The second-order valence-electron chi connectivity index (χ2n) is 31.9. The van der Waals surface area contributed by atoms with E-state index in [1.807, 2.05) is 0 Å². The van der Waals surface area contributed by atoms with E-state index < -0.39 is 0 Å². The third-order valence-corrected chi connectivity index (χ3v) is 22.0. The highest BCUT2D eigenvalue weighted by Gasteiger charge is 2.32. The number of benzene rings is 8. The first kappa shape index (κ1) is 116. The molecule has 8 rings (SSSR count). The zero-order valence-corrected chi connectivity index (χ0v) is 76.2. The van der Waals surface area contributed by atoms with Gasteiger partial charge in [0.25, 0.3) is 0 Å². The molecule has 0 fully saturated rings. The van der Waals surface area contributed by atoms with Crippen LogP contribution in [0.2, 0.25) is 0 Å². The number of halogens is 8. The number of hydrogen-bond donors (Lipinski definition) is 8. The highest BCUT2D eigenvalue weighted by Crippen LogP contribution is 2.21. The van der Waals surface area contributed by atoms with Gasteiger partial charge in [-0.15, -0.1) is 0 Å². The summed E-state index contributed by atoms with van der Waals surface area (Å²) in [5.41, 5.74) is 12.8. The molecule has 0 saturated carbocycles. The standard InChI is InChI=1S/8C11H17N.8ClH/c8*1-11(2,12(3)4)10-8-6-5-7-9-10;;;;;;;;/h8*5-9H,1-4H3;8*1H. The molecule has 0 heterocycles. The molecular formula is C88H144Cl8N8. The Morgan fingerprint density at radius 1 is 0.125 bits per heavy atom. The van der Waals surface area contributed by atoms with Crippen molar-refractivity contribution in [2.75, 3.05) is 113 Å². The van der Waals surface area contributed by atoms with E-state index in [9.17, 15) is 0 Å². The molecular weight excluding hydrogens is 1450 g/mol. The molecule has 8 aromatic rings. The van der Waals surface area contributed by atoms with Crippen LogP contribution in [0, 0.1) is 0 Å². The van der Waals surface area contributed by atoms with Gasteiger partial charge in [-0.1, -0.05) is 243 Å². The van der Waals surface area contributed by atoms with Gasteiger partial charge in [-0.05, 0) is 111 Å². The summed E-state index contributed by atoms with van der Waals surface area (Å²) in [5.74, 6) is 0. The van der Waals surface area contributed by atoms with E-state index in [0.717, 1.165) is 0 Å². The van der Waals surface area contributed by atoms with Crippen molar-refractivity contribution in [2.24, 2.45) is 0 Å². The zero-order chi connectivity index (χ0) is 73.5. The smallest absolute Gasteiger partial charge is 0.117 e. The molecule has 0 amide bonds. The van der Waals surface area contributed by atoms with Crippen molar-refractivity contribution in [1.82, 2.24) is 0 Å². The van der Waals surface area contributed by atoms with E-state index in [2.05, 4.69) is 466 Å². The summed E-state index contributed by atoms with van der Waals surface area (Å²) in [5, 5.41) is 0. The van der Waals surface area contributed by atoms with Crippen molar-refractivity contribution < 1.29 is 138 Å². The Labute approximate surface area is 688 Å².